The van der Waals surface area contributed by atoms with Crippen LogP contribution in [0.4, 0.5) is 5.69 Å². The number of amides is 1. The van der Waals surface area contributed by atoms with Gasteiger partial charge in [0.1, 0.15) is 0 Å². The van der Waals surface area contributed by atoms with Gasteiger partial charge in [0, 0.05) is 28.1 Å². The summed E-state index contributed by atoms with van der Waals surface area (Å²) >= 11 is 12.5. The van der Waals surface area contributed by atoms with Crippen molar-refractivity contribution in [2.45, 2.75) is 12.3 Å². The zero-order valence-electron chi connectivity index (χ0n) is 14.1. The van der Waals surface area contributed by atoms with Gasteiger partial charge in [-0.1, -0.05) is 78.3 Å². The molecule has 0 fully saturated rings. The van der Waals surface area contributed by atoms with Gasteiger partial charge in [0.05, 0.1) is 6.54 Å². The Morgan fingerprint density at radius 3 is 2.58 bits per heavy atom. The fourth-order valence-corrected chi connectivity index (χ4v) is 4.16. The Morgan fingerprint density at radius 1 is 1.08 bits per heavy atom. The Balaban J connectivity index is 2.00. The zero-order chi connectivity index (χ0) is 18.3. The summed E-state index contributed by atoms with van der Waals surface area (Å²) in [5.41, 5.74) is 2.98. The number of halogens is 2. The van der Waals surface area contributed by atoms with E-state index in [2.05, 4.69) is 18.7 Å². The highest BCUT2D eigenvalue weighted by molar-refractivity contribution is 6.31. The van der Waals surface area contributed by atoms with Crippen molar-refractivity contribution in [2.24, 2.45) is 0 Å². The number of rotatable bonds is 3. The molecule has 130 valence electrons. The molecular weight excluding hydrogens is 365 g/mol. The molecule has 0 radical (unpaired) electrons. The van der Waals surface area contributed by atoms with Crippen molar-refractivity contribution in [2.75, 3.05) is 11.4 Å². The molecule has 1 aliphatic heterocycles. The van der Waals surface area contributed by atoms with Crippen LogP contribution in [0.5, 0.6) is 0 Å². The summed E-state index contributed by atoms with van der Waals surface area (Å²) in [6.45, 7) is 4.07. The van der Waals surface area contributed by atoms with Crippen molar-refractivity contribution in [1.82, 2.24) is 0 Å². The molecule has 1 atom stereocenters. The second kappa shape index (κ2) is 6.79. The van der Waals surface area contributed by atoms with Crippen LogP contribution in [0.15, 0.2) is 72.3 Å². The lowest BCUT2D eigenvalue weighted by Gasteiger charge is -2.35. The van der Waals surface area contributed by atoms with Crippen LogP contribution in [-0.2, 0) is 4.79 Å². The van der Waals surface area contributed by atoms with Gasteiger partial charge in [0.15, 0.2) is 0 Å². The third kappa shape index (κ3) is 2.90. The summed E-state index contributed by atoms with van der Waals surface area (Å²) in [5.74, 6) is -0.0587. The van der Waals surface area contributed by atoms with E-state index >= 15 is 0 Å². The number of hydrogen-bond acceptors (Lipinski definition) is 1. The number of carbonyl (C=O) groups excluding carboxylic acids is 1. The van der Waals surface area contributed by atoms with E-state index in [4.69, 9.17) is 23.2 Å². The molecule has 3 aromatic carbocycles. The maximum absolute atomic E-state index is 12.9. The Kier molecular flexibility index (Phi) is 4.47. The van der Waals surface area contributed by atoms with E-state index in [0.29, 0.717) is 23.0 Å². The molecule has 0 bridgehead atoms. The predicted molar refractivity (Wildman–Crippen MR) is 109 cm³/mol. The normalized spacial score (nSPS) is 16.6. The lowest BCUT2D eigenvalue weighted by molar-refractivity contribution is -0.119. The summed E-state index contributed by atoms with van der Waals surface area (Å²) in [4.78, 5) is 14.6. The van der Waals surface area contributed by atoms with Gasteiger partial charge >= 0.3 is 0 Å². The molecule has 26 heavy (non-hydrogen) atoms. The van der Waals surface area contributed by atoms with Crippen molar-refractivity contribution in [1.29, 1.82) is 0 Å². The smallest absolute Gasteiger partial charge is 0.228 e. The van der Waals surface area contributed by atoms with Crippen LogP contribution < -0.4 is 4.90 Å². The fourth-order valence-electron chi connectivity index (χ4n) is 3.77. The first-order chi connectivity index (χ1) is 12.6. The van der Waals surface area contributed by atoms with Crippen LogP contribution in [0.25, 0.3) is 10.8 Å². The number of anilines is 1. The molecule has 0 aromatic heterocycles. The van der Waals surface area contributed by atoms with Gasteiger partial charge in [-0.25, -0.2) is 0 Å². The van der Waals surface area contributed by atoms with E-state index in [9.17, 15) is 4.79 Å². The SMILES string of the molecule is C=C(Cl)CN1C(=O)CC(c2ccccc2Cl)c2c1ccc1ccccc21. The molecule has 0 aliphatic carbocycles. The van der Waals surface area contributed by atoms with Crippen LogP contribution in [0.2, 0.25) is 5.02 Å². The highest BCUT2D eigenvalue weighted by atomic mass is 35.5. The standard InChI is InChI=1S/C22H17Cl2NO/c1-14(23)13-25-20-11-10-15-6-2-3-7-16(15)22(20)18(12-21(25)26)17-8-4-5-9-19(17)24/h2-11,18H,1,12-13H2. The average molecular weight is 382 g/mol. The summed E-state index contributed by atoms with van der Waals surface area (Å²) in [5, 5.41) is 3.39. The molecule has 4 heteroatoms. The van der Waals surface area contributed by atoms with Crippen molar-refractivity contribution in [3.63, 3.8) is 0 Å². The number of hydrogen-bond donors (Lipinski definition) is 0. The largest absolute Gasteiger partial charge is 0.307 e. The number of carbonyl (C=O) groups is 1. The third-order valence-corrected chi connectivity index (χ3v) is 5.34. The van der Waals surface area contributed by atoms with Crippen LogP contribution in [0, 0.1) is 0 Å². The monoisotopic (exact) mass is 381 g/mol. The molecule has 0 spiro atoms. The van der Waals surface area contributed by atoms with Gasteiger partial charge in [-0.2, -0.15) is 0 Å². The minimum atomic E-state index is -0.0860. The molecular formula is C22H17Cl2NO. The zero-order valence-corrected chi connectivity index (χ0v) is 15.6. The van der Waals surface area contributed by atoms with Crippen LogP contribution >= 0.6 is 23.2 Å². The molecule has 1 amide bonds. The van der Waals surface area contributed by atoms with Crippen molar-refractivity contribution in [3.05, 3.63) is 88.4 Å². The molecule has 3 aromatic rings. The predicted octanol–water partition coefficient (Wildman–Crippen LogP) is 6.11. The summed E-state index contributed by atoms with van der Waals surface area (Å²) in [7, 11) is 0. The van der Waals surface area contributed by atoms with E-state index in [1.54, 1.807) is 4.90 Å². The number of nitrogens with zero attached hydrogens (tertiary/aromatic N) is 1. The van der Waals surface area contributed by atoms with Gasteiger partial charge in [0.25, 0.3) is 0 Å². The van der Waals surface area contributed by atoms with E-state index in [-0.39, 0.29) is 11.8 Å². The maximum atomic E-state index is 12.9. The quantitative estimate of drug-likeness (QED) is 0.535. The van der Waals surface area contributed by atoms with E-state index < -0.39 is 0 Å². The average Bonchev–Trinajstić information content (AvgIpc) is 2.63. The van der Waals surface area contributed by atoms with Crippen LogP contribution in [0.3, 0.4) is 0 Å². The lowest BCUT2D eigenvalue weighted by Crippen LogP contribution is -2.38. The first-order valence-electron chi connectivity index (χ1n) is 8.46. The number of fused-ring (bicyclic) bond motifs is 3. The van der Waals surface area contributed by atoms with Gasteiger partial charge in [-0.05, 0) is 34.0 Å². The molecule has 0 N–H and O–H groups in total. The summed E-state index contributed by atoms with van der Waals surface area (Å²) < 4.78 is 0. The van der Waals surface area contributed by atoms with Crippen LogP contribution in [-0.4, -0.2) is 12.5 Å². The van der Waals surface area contributed by atoms with Gasteiger partial charge < -0.3 is 4.90 Å². The number of benzene rings is 3. The molecule has 1 heterocycles. The van der Waals surface area contributed by atoms with Crippen molar-refractivity contribution in [3.8, 4) is 0 Å². The highest BCUT2D eigenvalue weighted by Crippen LogP contribution is 2.45. The summed E-state index contributed by atoms with van der Waals surface area (Å²) in [6.07, 6.45) is 0.356. The van der Waals surface area contributed by atoms with Crippen molar-refractivity contribution < 1.29 is 4.79 Å². The molecule has 1 unspecified atom stereocenters. The van der Waals surface area contributed by atoms with Gasteiger partial charge in [0.2, 0.25) is 5.91 Å². The Morgan fingerprint density at radius 2 is 1.81 bits per heavy atom. The highest BCUT2D eigenvalue weighted by Gasteiger charge is 2.34. The molecule has 0 saturated heterocycles. The van der Waals surface area contributed by atoms with Gasteiger partial charge in [-0.3, -0.25) is 4.79 Å². The molecule has 4 rings (SSSR count). The minimum absolute atomic E-state index is 0.0273. The topological polar surface area (TPSA) is 20.3 Å². The molecule has 1 aliphatic rings. The Bertz CT molecular complexity index is 1030. The second-order valence-electron chi connectivity index (χ2n) is 6.49. The minimum Gasteiger partial charge on any atom is -0.307 e. The van der Waals surface area contributed by atoms with Crippen LogP contribution in [0.1, 0.15) is 23.5 Å². The molecule has 2 nitrogen and oxygen atoms in total. The van der Waals surface area contributed by atoms with E-state index in [0.717, 1.165) is 27.6 Å². The fraction of sp³-hybridized carbons (Fsp3) is 0.136. The Hall–Kier alpha value is -2.29. The Labute approximate surface area is 162 Å². The molecule has 0 saturated carbocycles. The summed E-state index contributed by atoms with van der Waals surface area (Å²) in [6, 6.07) is 20.0. The first-order valence-corrected chi connectivity index (χ1v) is 9.21. The van der Waals surface area contributed by atoms with E-state index in [1.165, 1.54) is 0 Å². The first kappa shape index (κ1) is 17.1. The lowest BCUT2D eigenvalue weighted by atomic mass is 9.81. The maximum Gasteiger partial charge on any atom is 0.228 e. The second-order valence-corrected chi connectivity index (χ2v) is 7.44. The third-order valence-electron chi connectivity index (χ3n) is 4.88. The van der Waals surface area contributed by atoms with Crippen molar-refractivity contribution >= 4 is 45.6 Å². The van der Waals surface area contributed by atoms with E-state index in [1.807, 2.05) is 48.5 Å². The van der Waals surface area contributed by atoms with Gasteiger partial charge in [-0.15, -0.1) is 0 Å².